The summed E-state index contributed by atoms with van der Waals surface area (Å²) in [7, 11) is 1.54. The average Bonchev–Trinajstić information content (AvgIpc) is 2.76. The van der Waals surface area contributed by atoms with Crippen molar-refractivity contribution >= 4 is 23.3 Å². The van der Waals surface area contributed by atoms with Crippen molar-refractivity contribution in [1.82, 2.24) is 4.98 Å². The van der Waals surface area contributed by atoms with E-state index in [4.69, 9.17) is 24.7 Å². The highest BCUT2D eigenvalue weighted by Crippen LogP contribution is 2.36. The molecular weight excluding hydrogens is 420 g/mol. The monoisotopic (exact) mass is 444 g/mol. The molecular formula is C21H24N4O7. The first-order valence-corrected chi connectivity index (χ1v) is 9.91. The maximum Gasteiger partial charge on any atom is 0.414 e. The molecule has 0 radical (unpaired) electrons. The van der Waals surface area contributed by atoms with E-state index in [9.17, 15) is 14.9 Å². The second kappa shape index (κ2) is 10.3. The summed E-state index contributed by atoms with van der Waals surface area (Å²) in [6.07, 6.45) is 3.07. The normalized spacial score (nSPS) is 14.8. The van der Waals surface area contributed by atoms with E-state index in [2.05, 4.69) is 4.98 Å². The molecule has 3 rings (SSSR count). The molecule has 1 amide bonds. The molecule has 2 aromatic rings. The first kappa shape index (κ1) is 22.7. The highest BCUT2D eigenvalue weighted by atomic mass is 16.6. The quantitative estimate of drug-likeness (QED) is 0.429. The number of aromatic nitrogens is 1. The number of hydrogen-bond acceptors (Lipinski definition) is 9. The Balaban J connectivity index is 2.09. The Morgan fingerprint density at radius 3 is 2.72 bits per heavy atom. The van der Waals surface area contributed by atoms with Crippen molar-refractivity contribution in [2.45, 2.75) is 13.3 Å². The van der Waals surface area contributed by atoms with Crippen LogP contribution in [0, 0.1) is 10.1 Å². The lowest BCUT2D eigenvalue weighted by Gasteiger charge is -2.22. The van der Waals surface area contributed by atoms with Crippen LogP contribution in [0.3, 0.4) is 0 Å². The number of anilines is 2. The van der Waals surface area contributed by atoms with Crippen molar-refractivity contribution in [3.63, 3.8) is 0 Å². The van der Waals surface area contributed by atoms with Crippen LogP contribution in [0.4, 0.5) is 22.0 Å². The van der Waals surface area contributed by atoms with Gasteiger partial charge in [0.1, 0.15) is 18.9 Å². The fourth-order valence-corrected chi connectivity index (χ4v) is 3.14. The fourth-order valence-electron chi connectivity index (χ4n) is 3.14. The Labute approximate surface area is 184 Å². The first-order valence-electron chi connectivity index (χ1n) is 9.91. The highest BCUT2D eigenvalue weighted by Gasteiger charge is 2.30. The summed E-state index contributed by atoms with van der Waals surface area (Å²) in [6, 6.07) is 6.70. The van der Waals surface area contributed by atoms with Gasteiger partial charge in [-0.15, -0.1) is 0 Å². The number of carbonyl (C=O) groups is 1. The molecule has 11 heteroatoms. The number of pyridine rings is 1. The number of rotatable bonds is 3. The molecule has 11 nitrogen and oxygen atoms in total. The van der Waals surface area contributed by atoms with Crippen LogP contribution in [0.15, 0.2) is 36.4 Å². The summed E-state index contributed by atoms with van der Waals surface area (Å²) in [5, 5.41) is 11.7. The Morgan fingerprint density at radius 2 is 2.03 bits per heavy atom. The predicted octanol–water partition coefficient (Wildman–Crippen LogP) is 3.11. The number of ether oxygens (including phenoxy) is 4. The van der Waals surface area contributed by atoms with Crippen LogP contribution in [0.5, 0.6) is 17.4 Å². The third kappa shape index (κ3) is 5.17. The van der Waals surface area contributed by atoms with Gasteiger partial charge >= 0.3 is 11.8 Å². The molecule has 2 N–H and O–H groups in total. The minimum atomic E-state index is -0.749. The number of carbonyl (C=O) groups excluding carboxylic acids is 1. The minimum absolute atomic E-state index is 0.0417. The second-order valence-electron chi connectivity index (χ2n) is 6.65. The van der Waals surface area contributed by atoms with Crippen LogP contribution >= 0.6 is 0 Å². The Morgan fingerprint density at radius 1 is 1.28 bits per heavy atom. The van der Waals surface area contributed by atoms with Gasteiger partial charge in [-0.05, 0) is 43.2 Å². The number of nitrogens with zero attached hydrogens (tertiary/aromatic N) is 3. The third-order valence-electron chi connectivity index (χ3n) is 4.62. The van der Waals surface area contributed by atoms with Gasteiger partial charge in [0.15, 0.2) is 11.5 Å². The van der Waals surface area contributed by atoms with Crippen LogP contribution < -0.4 is 24.8 Å². The Hall–Kier alpha value is -4.02. The van der Waals surface area contributed by atoms with Gasteiger partial charge in [-0.3, -0.25) is 15.0 Å². The molecule has 2 heterocycles. The average molecular weight is 444 g/mol. The molecule has 0 unspecified atom stereocenters. The second-order valence-corrected chi connectivity index (χ2v) is 6.65. The zero-order chi connectivity index (χ0) is 23.1. The number of benzene rings is 1. The largest absolute Gasteiger partial charge is 0.493 e. The molecule has 1 aromatic heterocycles. The molecule has 1 aromatic carbocycles. The van der Waals surface area contributed by atoms with Gasteiger partial charge in [0.2, 0.25) is 11.7 Å². The van der Waals surface area contributed by atoms with E-state index < -0.39 is 16.7 Å². The van der Waals surface area contributed by atoms with E-state index in [0.717, 1.165) is 10.5 Å². The summed E-state index contributed by atoms with van der Waals surface area (Å²) < 4.78 is 21.8. The van der Waals surface area contributed by atoms with E-state index in [1.807, 2.05) is 6.07 Å². The number of amides is 1. The fraction of sp³-hybridized carbons (Fsp3) is 0.333. The summed E-state index contributed by atoms with van der Waals surface area (Å²) in [5.74, 6) is 0.773. The molecule has 0 saturated heterocycles. The van der Waals surface area contributed by atoms with Crippen molar-refractivity contribution in [3.05, 3.63) is 52.1 Å². The number of hydrogen-bond donors (Lipinski definition) is 1. The summed E-state index contributed by atoms with van der Waals surface area (Å²) >= 11 is 0. The van der Waals surface area contributed by atoms with E-state index in [0.29, 0.717) is 17.9 Å². The molecule has 1 aliphatic rings. The SMILES string of the molecule is CCOC(=O)N1CCc2ccc(OC)c(c2)OC/C=C/COc2cc1c([N+](=O)[O-])c(N)n2. The lowest BCUT2D eigenvalue weighted by atomic mass is 10.1. The maximum atomic E-state index is 12.7. The molecule has 4 bridgehead atoms. The van der Waals surface area contributed by atoms with Crippen LogP contribution in [0.1, 0.15) is 12.5 Å². The van der Waals surface area contributed by atoms with Gasteiger partial charge in [0.25, 0.3) is 0 Å². The van der Waals surface area contributed by atoms with Gasteiger partial charge in [-0.1, -0.05) is 6.07 Å². The molecule has 170 valence electrons. The molecule has 0 spiro atoms. The van der Waals surface area contributed by atoms with Gasteiger partial charge in [-0.25, -0.2) is 4.79 Å². The molecule has 0 saturated carbocycles. The van der Waals surface area contributed by atoms with Crippen LogP contribution in [-0.2, 0) is 11.2 Å². The van der Waals surface area contributed by atoms with E-state index in [1.165, 1.54) is 6.07 Å². The number of nitro groups is 1. The summed E-state index contributed by atoms with van der Waals surface area (Å²) in [4.78, 5) is 28.9. The lowest BCUT2D eigenvalue weighted by Crippen LogP contribution is -2.34. The van der Waals surface area contributed by atoms with Gasteiger partial charge in [0, 0.05) is 12.6 Å². The summed E-state index contributed by atoms with van der Waals surface area (Å²) in [5.41, 5.74) is 6.13. The number of nitrogens with two attached hydrogens (primary N) is 1. The van der Waals surface area contributed by atoms with Crippen molar-refractivity contribution in [2.75, 3.05) is 44.1 Å². The van der Waals surface area contributed by atoms with Gasteiger partial charge in [0.05, 0.1) is 18.6 Å². The lowest BCUT2D eigenvalue weighted by molar-refractivity contribution is -0.383. The predicted molar refractivity (Wildman–Crippen MR) is 116 cm³/mol. The molecule has 0 fully saturated rings. The van der Waals surface area contributed by atoms with Crippen LogP contribution in [-0.4, -0.2) is 49.5 Å². The number of fused-ring (bicyclic) bond motifs is 4. The van der Waals surface area contributed by atoms with Crippen molar-refractivity contribution < 1.29 is 28.7 Å². The summed E-state index contributed by atoms with van der Waals surface area (Å²) in [6.45, 7) is 2.21. The minimum Gasteiger partial charge on any atom is -0.493 e. The Bertz CT molecular complexity index is 1030. The standard InChI is InChI=1S/C21H24N4O7/c1-3-30-21(26)24-9-8-14-6-7-16(29-2)17(12-14)31-10-4-5-11-32-18-13-15(24)19(25(27)28)20(22)23-18/h4-7,12-13H,3,8-11H2,1-2H3,(H2,22,23)/b5-4+. The topological polar surface area (TPSA) is 139 Å². The zero-order valence-electron chi connectivity index (χ0n) is 17.8. The van der Waals surface area contributed by atoms with Gasteiger partial charge in [-0.2, -0.15) is 4.98 Å². The van der Waals surface area contributed by atoms with E-state index >= 15 is 0 Å². The first-order chi connectivity index (χ1) is 15.4. The zero-order valence-corrected chi connectivity index (χ0v) is 17.8. The third-order valence-corrected chi connectivity index (χ3v) is 4.62. The number of nitrogen functional groups attached to an aromatic ring is 1. The number of methoxy groups -OCH3 is 1. The van der Waals surface area contributed by atoms with E-state index in [-0.39, 0.29) is 43.8 Å². The van der Waals surface area contributed by atoms with Crippen LogP contribution in [0.2, 0.25) is 0 Å². The Kier molecular flexibility index (Phi) is 7.32. The molecule has 0 atom stereocenters. The molecule has 0 aliphatic carbocycles. The van der Waals surface area contributed by atoms with Crippen LogP contribution in [0.25, 0.3) is 0 Å². The molecule has 32 heavy (non-hydrogen) atoms. The van der Waals surface area contributed by atoms with Crippen molar-refractivity contribution in [3.8, 4) is 17.4 Å². The van der Waals surface area contributed by atoms with E-state index in [1.54, 1.807) is 38.3 Å². The van der Waals surface area contributed by atoms with Crippen molar-refractivity contribution in [1.29, 1.82) is 0 Å². The maximum absolute atomic E-state index is 12.7. The van der Waals surface area contributed by atoms with Crippen molar-refractivity contribution in [2.24, 2.45) is 0 Å². The van der Waals surface area contributed by atoms with Gasteiger partial charge < -0.3 is 24.7 Å². The molecule has 1 aliphatic heterocycles. The smallest absolute Gasteiger partial charge is 0.414 e. The highest BCUT2D eigenvalue weighted by molar-refractivity contribution is 5.92.